The molecule has 0 radical (unpaired) electrons. The molecule has 2 aliphatic heterocycles. The molecule has 0 spiro atoms. The van der Waals surface area contributed by atoms with E-state index >= 15 is 0 Å². The smallest absolute Gasteiger partial charge is 0.410 e. The molecule has 2 saturated heterocycles. The lowest BCUT2D eigenvalue weighted by molar-refractivity contribution is -0.125. The van der Waals surface area contributed by atoms with E-state index in [1.165, 1.54) is 0 Å². The third-order valence-corrected chi connectivity index (χ3v) is 6.89. The number of carbonyl (C=O) groups is 2. The van der Waals surface area contributed by atoms with Crippen LogP contribution in [0.2, 0.25) is 0 Å². The zero-order valence-electron chi connectivity index (χ0n) is 22.9. The number of rotatable bonds is 7. The van der Waals surface area contributed by atoms with E-state index in [2.05, 4.69) is 33.7 Å². The summed E-state index contributed by atoms with van der Waals surface area (Å²) < 4.78 is 7.88. The quantitative estimate of drug-likeness (QED) is 0.564. The maximum atomic E-state index is 12.8. The molecule has 37 heavy (non-hydrogen) atoms. The number of anilines is 1. The van der Waals surface area contributed by atoms with Crippen molar-refractivity contribution in [3.8, 4) is 0 Å². The fraction of sp³-hybridized carbons (Fsp3) is 0.654. The number of aromatic nitrogens is 4. The Morgan fingerprint density at radius 2 is 1.78 bits per heavy atom. The van der Waals surface area contributed by atoms with E-state index in [4.69, 9.17) is 9.72 Å². The summed E-state index contributed by atoms with van der Waals surface area (Å²) in [6, 6.07) is 0.436. The minimum atomic E-state index is -0.299. The summed E-state index contributed by atoms with van der Waals surface area (Å²) in [6.45, 7) is 11.1. The number of likely N-dealkylation sites (tertiary alicyclic amines) is 2. The Balaban J connectivity index is 1.28. The molecule has 0 aliphatic carbocycles. The highest BCUT2D eigenvalue weighted by molar-refractivity contribution is 5.88. The fourth-order valence-corrected chi connectivity index (χ4v) is 5.02. The van der Waals surface area contributed by atoms with Gasteiger partial charge in [-0.1, -0.05) is 6.08 Å². The van der Waals surface area contributed by atoms with Gasteiger partial charge in [0.25, 0.3) is 0 Å². The normalized spacial score (nSPS) is 19.1. The Kier molecular flexibility index (Phi) is 8.31. The van der Waals surface area contributed by atoms with E-state index in [0.717, 1.165) is 35.6 Å². The molecular formula is C26H40N8O3. The summed E-state index contributed by atoms with van der Waals surface area (Å²) in [5.41, 5.74) is 1.64. The predicted octanol–water partition coefficient (Wildman–Crippen LogP) is 2.76. The van der Waals surface area contributed by atoms with Crippen LogP contribution in [0.1, 0.15) is 50.8 Å². The van der Waals surface area contributed by atoms with E-state index < -0.39 is 0 Å². The fourth-order valence-electron chi connectivity index (χ4n) is 5.02. The maximum absolute atomic E-state index is 12.8. The van der Waals surface area contributed by atoms with Gasteiger partial charge in [-0.3, -0.25) is 4.79 Å². The molecule has 1 atom stereocenters. The Morgan fingerprint density at radius 3 is 2.46 bits per heavy atom. The first-order valence-corrected chi connectivity index (χ1v) is 13.2. The van der Waals surface area contributed by atoms with E-state index in [1.54, 1.807) is 15.9 Å². The van der Waals surface area contributed by atoms with Crippen molar-refractivity contribution in [3.63, 3.8) is 0 Å². The molecule has 0 bridgehead atoms. The van der Waals surface area contributed by atoms with Crippen LogP contribution in [-0.4, -0.2) is 105 Å². The van der Waals surface area contributed by atoms with E-state index in [9.17, 15) is 9.59 Å². The van der Waals surface area contributed by atoms with Gasteiger partial charge in [-0.05, 0) is 54.6 Å². The number of nitrogens with zero attached hydrogens (tertiary/aromatic N) is 7. The Morgan fingerprint density at radius 1 is 1.08 bits per heavy atom. The van der Waals surface area contributed by atoms with Gasteiger partial charge >= 0.3 is 6.09 Å². The molecule has 11 heteroatoms. The number of likely N-dealkylation sites (N-methyl/N-ethyl adjacent to an activating group) is 1. The highest BCUT2D eigenvalue weighted by Crippen LogP contribution is 2.26. The van der Waals surface area contributed by atoms with Crippen molar-refractivity contribution in [2.75, 3.05) is 52.1 Å². The summed E-state index contributed by atoms with van der Waals surface area (Å²) >= 11 is 0. The predicted molar refractivity (Wildman–Crippen MR) is 143 cm³/mol. The molecule has 2 fully saturated rings. The molecule has 2 aliphatic rings. The number of piperidine rings is 1. The van der Waals surface area contributed by atoms with E-state index in [0.29, 0.717) is 45.0 Å². The van der Waals surface area contributed by atoms with Gasteiger partial charge in [0.1, 0.15) is 17.8 Å². The van der Waals surface area contributed by atoms with Crippen LogP contribution in [0.5, 0.6) is 0 Å². The molecule has 1 N–H and O–H groups in total. The number of ether oxygens (including phenoxy) is 1. The Hall–Kier alpha value is -3.21. The van der Waals surface area contributed by atoms with Gasteiger partial charge in [-0.2, -0.15) is 0 Å². The lowest BCUT2D eigenvalue weighted by Crippen LogP contribution is -2.44. The number of amides is 2. The lowest BCUT2D eigenvalue weighted by atomic mass is 10.1. The summed E-state index contributed by atoms with van der Waals surface area (Å²) in [6.07, 6.45) is 5.14. The minimum Gasteiger partial charge on any atom is -0.444 e. The van der Waals surface area contributed by atoms with Crippen LogP contribution in [0.3, 0.4) is 0 Å². The first-order chi connectivity index (χ1) is 17.6. The SMILES string of the molecule is Cc1nc(NC2CCN(C(=O)O[C@H]3CCN(C(=O)/C=C/CN(C)C)C3)CC2)c2nc(C)n(C(C)C)c2n1. The van der Waals surface area contributed by atoms with Gasteiger partial charge in [-0.15, -0.1) is 0 Å². The molecule has 4 heterocycles. The second-order valence-electron chi connectivity index (χ2n) is 10.6. The largest absolute Gasteiger partial charge is 0.444 e. The van der Waals surface area contributed by atoms with E-state index in [-0.39, 0.29) is 30.2 Å². The molecule has 0 saturated carbocycles. The van der Waals surface area contributed by atoms with Crippen molar-refractivity contribution < 1.29 is 14.3 Å². The van der Waals surface area contributed by atoms with E-state index in [1.807, 2.05) is 38.9 Å². The average Bonchev–Trinajstić information content (AvgIpc) is 3.43. The van der Waals surface area contributed by atoms with Crippen molar-refractivity contribution in [2.24, 2.45) is 0 Å². The summed E-state index contributed by atoms with van der Waals surface area (Å²) in [5, 5.41) is 3.56. The maximum Gasteiger partial charge on any atom is 0.410 e. The van der Waals surface area contributed by atoms with Crippen LogP contribution in [0.15, 0.2) is 12.2 Å². The van der Waals surface area contributed by atoms with Crippen LogP contribution in [0.25, 0.3) is 11.2 Å². The van der Waals surface area contributed by atoms with Crippen molar-refractivity contribution >= 4 is 29.0 Å². The number of imidazole rings is 1. The van der Waals surface area contributed by atoms with Gasteiger partial charge in [0, 0.05) is 50.8 Å². The van der Waals surface area contributed by atoms with Gasteiger partial charge in [0.2, 0.25) is 5.91 Å². The topological polar surface area (TPSA) is 109 Å². The molecule has 2 aromatic rings. The summed E-state index contributed by atoms with van der Waals surface area (Å²) in [5.74, 6) is 2.34. The molecule has 0 unspecified atom stereocenters. The second kappa shape index (κ2) is 11.5. The molecule has 4 rings (SSSR count). The van der Waals surface area contributed by atoms with Crippen molar-refractivity contribution in [1.29, 1.82) is 0 Å². The monoisotopic (exact) mass is 512 g/mol. The minimum absolute atomic E-state index is 0.0326. The Labute approximate surface area is 218 Å². The average molecular weight is 513 g/mol. The highest BCUT2D eigenvalue weighted by Gasteiger charge is 2.31. The molecule has 2 aromatic heterocycles. The lowest BCUT2D eigenvalue weighted by Gasteiger charge is -2.32. The number of nitrogens with one attached hydrogen (secondary N) is 1. The second-order valence-corrected chi connectivity index (χ2v) is 10.6. The molecule has 202 valence electrons. The third kappa shape index (κ3) is 6.38. The number of carbonyl (C=O) groups excluding carboxylic acids is 2. The van der Waals surface area contributed by atoms with Crippen LogP contribution in [0.4, 0.5) is 10.6 Å². The molecule has 11 nitrogen and oxygen atoms in total. The standard InChI is InChI=1S/C26H40N8O3/c1-17(2)34-19(4)29-23-24(27-18(3)28-25(23)34)30-20-9-13-32(14-10-20)26(36)37-21-11-15-33(16-21)22(35)8-7-12-31(5)6/h7-8,17,20-21H,9-16H2,1-6H3,(H,27,28,30)/b8-7+/t21-/m0/s1. The van der Waals surface area contributed by atoms with Gasteiger partial charge in [0.05, 0.1) is 6.54 Å². The zero-order valence-corrected chi connectivity index (χ0v) is 22.9. The Bertz CT molecular complexity index is 1150. The van der Waals surface area contributed by atoms with Gasteiger partial charge in [0.15, 0.2) is 17.0 Å². The molecule has 0 aromatic carbocycles. The highest BCUT2D eigenvalue weighted by atomic mass is 16.6. The third-order valence-electron chi connectivity index (χ3n) is 6.89. The van der Waals surface area contributed by atoms with Crippen LogP contribution in [-0.2, 0) is 9.53 Å². The number of hydrogen-bond acceptors (Lipinski definition) is 8. The number of aryl methyl sites for hydroxylation is 2. The first-order valence-electron chi connectivity index (χ1n) is 13.2. The summed E-state index contributed by atoms with van der Waals surface area (Å²) in [7, 11) is 3.91. The molecule has 2 amide bonds. The summed E-state index contributed by atoms with van der Waals surface area (Å²) in [4.78, 5) is 44.7. The zero-order chi connectivity index (χ0) is 26.7. The van der Waals surface area contributed by atoms with Crippen molar-refractivity contribution in [3.05, 3.63) is 23.8 Å². The van der Waals surface area contributed by atoms with Crippen LogP contribution < -0.4 is 5.32 Å². The van der Waals surface area contributed by atoms with Crippen molar-refractivity contribution in [2.45, 2.75) is 65.1 Å². The van der Waals surface area contributed by atoms with Gasteiger partial charge < -0.3 is 29.3 Å². The number of hydrogen-bond donors (Lipinski definition) is 1. The molecular weight excluding hydrogens is 472 g/mol. The van der Waals surface area contributed by atoms with Crippen LogP contribution >= 0.6 is 0 Å². The number of fused-ring (bicyclic) bond motifs is 1. The van der Waals surface area contributed by atoms with Crippen LogP contribution in [0, 0.1) is 13.8 Å². The first kappa shape index (κ1) is 26.8. The van der Waals surface area contributed by atoms with Crippen molar-refractivity contribution in [1.82, 2.24) is 34.2 Å². The van der Waals surface area contributed by atoms with Gasteiger partial charge in [-0.25, -0.2) is 19.7 Å².